The predicted octanol–water partition coefficient (Wildman–Crippen LogP) is 2.06. The Morgan fingerprint density at radius 3 is 1.58 bits per heavy atom. The van der Waals surface area contributed by atoms with Gasteiger partial charge in [-0.05, 0) is 60.1 Å². The Labute approximate surface area is 145 Å². The smallest absolute Gasteiger partial charge is 0.423 e. The van der Waals surface area contributed by atoms with E-state index in [1.54, 1.807) is 13.0 Å². The largest absolute Gasteiger partial charge is 0.639 e. The molecule has 0 saturated heterocycles. The summed E-state index contributed by atoms with van der Waals surface area (Å²) in [6.07, 6.45) is 0.340. The van der Waals surface area contributed by atoms with Gasteiger partial charge in [-0.25, -0.2) is 4.39 Å². The maximum Gasteiger partial charge on any atom is 0.639 e. The SMILES string of the molecule is CC(C)OB(OC(C)C)OC(C)C.Cc1ccc(B(O)O)c(F)c1. The van der Waals surface area contributed by atoms with Crippen molar-refractivity contribution in [3.63, 3.8) is 0 Å². The Morgan fingerprint density at radius 1 is 0.875 bits per heavy atom. The molecule has 8 heteroatoms. The zero-order valence-corrected chi connectivity index (χ0v) is 15.6. The van der Waals surface area contributed by atoms with Crippen LogP contribution in [0.4, 0.5) is 4.39 Å². The van der Waals surface area contributed by atoms with Crippen LogP contribution in [0.3, 0.4) is 0 Å². The topological polar surface area (TPSA) is 68.2 Å². The van der Waals surface area contributed by atoms with Crippen molar-refractivity contribution in [2.24, 2.45) is 0 Å². The maximum absolute atomic E-state index is 12.8. The molecule has 0 bridgehead atoms. The summed E-state index contributed by atoms with van der Waals surface area (Å²) in [5.74, 6) is -0.583. The van der Waals surface area contributed by atoms with Gasteiger partial charge in [-0.1, -0.05) is 12.1 Å². The summed E-state index contributed by atoms with van der Waals surface area (Å²) in [6.45, 7) is 13.5. The minimum atomic E-state index is -1.73. The molecule has 136 valence electrons. The summed E-state index contributed by atoms with van der Waals surface area (Å²) in [5, 5.41) is 17.2. The van der Waals surface area contributed by atoms with Crippen molar-refractivity contribution in [1.29, 1.82) is 0 Å². The zero-order valence-electron chi connectivity index (χ0n) is 15.6. The van der Waals surface area contributed by atoms with Crippen LogP contribution in [0, 0.1) is 12.7 Å². The van der Waals surface area contributed by atoms with Crippen LogP contribution in [-0.4, -0.2) is 42.8 Å². The summed E-state index contributed by atoms with van der Waals surface area (Å²) < 4.78 is 29.1. The molecule has 0 aliphatic carbocycles. The Bertz CT molecular complexity index is 446. The molecule has 0 spiro atoms. The van der Waals surface area contributed by atoms with Crippen LogP contribution < -0.4 is 5.46 Å². The Balaban J connectivity index is 0.000000446. The summed E-state index contributed by atoms with van der Waals surface area (Å²) in [6, 6.07) is 4.24. The van der Waals surface area contributed by atoms with E-state index < -0.39 is 20.3 Å². The van der Waals surface area contributed by atoms with Gasteiger partial charge in [0.15, 0.2) is 0 Å². The lowest BCUT2D eigenvalue weighted by atomic mass is 9.79. The fourth-order valence-electron chi connectivity index (χ4n) is 1.60. The second kappa shape index (κ2) is 11.6. The van der Waals surface area contributed by atoms with E-state index in [0.717, 1.165) is 5.56 Å². The molecule has 1 rings (SSSR count). The van der Waals surface area contributed by atoms with Gasteiger partial charge in [0.25, 0.3) is 0 Å². The second-order valence-electron chi connectivity index (χ2n) is 6.24. The summed E-state index contributed by atoms with van der Waals surface area (Å²) >= 11 is 0. The average Bonchev–Trinajstić information content (AvgIpc) is 2.35. The lowest BCUT2D eigenvalue weighted by Gasteiger charge is -2.20. The van der Waals surface area contributed by atoms with Gasteiger partial charge in [0, 0.05) is 23.8 Å². The molecule has 0 aliphatic rings. The molecular weight excluding hydrogens is 313 g/mol. The van der Waals surface area contributed by atoms with E-state index in [2.05, 4.69) is 0 Å². The molecule has 0 amide bonds. The van der Waals surface area contributed by atoms with Crippen molar-refractivity contribution in [3.8, 4) is 0 Å². The molecule has 0 heterocycles. The van der Waals surface area contributed by atoms with Crippen molar-refractivity contribution in [2.45, 2.75) is 66.8 Å². The zero-order chi connectivity index (χ0) is 18.9. The first-order valence-electron chi connectivity index (χ1n) is 8.11. The number of halogens is 1. The van der Waals surface area contributed by atoms with Crippen LogP contribution in [0.2, 0.25) is 0 Å². The normalized spacial score (nSPS) is 10.9. The molecule has 24 heavy (non-hydrogen) atoms. The number of benzene rings is 1. The van der Waals surface area contributed by atoms with Crippen LogP contribution in [0.15, 0.2) is 18.2 Å². The molecule has 1 aromatic carbocycles. The van der Waals surface area contributed by atoms with Crippen LogP contribution in [0.25, 0.3) is 0 Å². The first kappa shape index (κ1) is 23.1. The van der Waals surface area contributed by atoms with Crippen LogP contribution >= 0.6 is 0 Å². The van der Waals surface area contributed by atoms with Crippen LogP contribution in [0.5, 0.6) is 0 Å². The first-order chi connectivity index (χ1) is 11.0. The van der Waals surface area contributed by atoms with Gasteiger partial charge in [-0.2, -0.15) is 0 Å². The number of hydrogen-bond donors (Lipinski definition) is 2. The fraction of sp³-hybridized carbons (Fsp3) is 0.625. The van der Waals surface area contributed by atoms with Gasteiger partial charge >= 0.3 is 14.4 Å². The number of hydrogen-bond acceptors (Lipinski definition) is 5. The summed E-state index contributed by atoms with van der Waals surface area (Å²) in [4.78, 5) is 0. The van der Waals surface area contributed by atoms with Gasteiger partial charge in [-0.3, -0.25) is 0 Å². The van der Waals surface area contributed by atoms with Crippen molar-refractivity contribution in [1.82, 2.24) is 0 Å². The van der Waals surface area contributed by atoms with E-state index >= 15 is 0 Å². The van der Waals surface area contributed by atoms with E-state index in [-0.39, 0.29) is 23.8 Å². The monoisotopic (exact) mass is 342 g/mol. The molecular formula is C16H29B2FO5. The standard InChI is InChI=1S/C9H21BO3.C7H8BFO2/c1-7(2)11-10(12-8(3)4)13-9(5)6;1-5-2-3-6(8(10)11)7(9)4-5/h7-9H,1-6H3;2-4,10-11H,1H3. The van der Waals surface area contributed by atoms with E-state index in [0.29, 0.717) is 0 Å². The van der Waals surface area contributed by atoms with E-state index in [1.807, 2.05) is 41.5 Å². The van der Waals surface area contributed by atoms with Crippen LogP contribution in [0.1, 0.15) is 47.1 Å². The molecule has 2 N–H and O–H groups in total. The molecule has 1 aromatic rings. The van der Waals surface area contributed by atoms with Gasteiger partial charge in [0.2, 0.25) is 0 Å². The average molecular weight is 342 g/mol. The molecule has 0 radical (unpaired) electrons. The highest BCUT2D eigenvalue weighted by atomic mass is 19.1. The Hall–Kier alpha value is -0.920. The minimum Gasteiger partial charge on any atom is -0.423 e. The quantitative estimate of drug-likeness (QED) is 0.743. The highest BCUT2D eigenvalue weighted by molar-refractivity contribution is 6.58. The Morgan fingerprint density at radius 2 is 1.29 bits per heavy atom. The van der Waals surface area contributed by atoms with Gasteiger partial charge in [0.05, 0.1) is 0 Å². The molecule has 0 atom stereocenters. The molecule has 0 saturated carbocycles. The van der Waals surface area contributed by atoms with Crippen molar-refractivity contribution < 1.29 is 28.4 Å². The molecule has 0 unspecified atom stereocenters. The second-order valence-corrected chi connectivity index (χ2v) is 6.24. The van der Waals surface area contributed by atoms with E-state index in [4.69, 9.17) is 24.0 Å². The number of rotatable bonds is 7. The van der Waals surface area contributed by atoms with Crippen molar-refractivity contribution in [3.05, 3.63) is 29.6 Å². The van der Waals surface area contributed by atoms with Crippen LogP contribution in [-0.2, 0) is 14.0 Å². The van der Waals surface area contributed by atoms with Crippen molar-refractivity contribution >= 4 is 19.9 Å². The minimum absolute atomic E-state index is 0.0874. The lowest BCUT2D eigenvalue weighted by Crippen LogP contribution is -2.34. The third-order valence-electron chi connectivity index (χ3n) is 2.58. The molecule has 0 fully saturated rings. The molecule has 0 aromatic heterocycles. The highest BCUT2D eigenvalue weighted by Gasteiger charge is 2.25. The first-order valence-corrected chi connectivity index (χ1v) is 8.11. The molecule has 0 aliphatic heterocycles. The Kier molecular flexibility index (Phi) is 11.2. The third kappa shape index (κ3) is 10.8. The highest BCUT2D eigenvalue weighted by Crippen LogP contribution is 2.04. The van der Waals surface area contributed by atoms with E-state index in [1.165, 1.54) is 12.1 Å². The number of aryl methyl sites for hydroxylation is 1. The third-order valence-corrected chi connectivity index (χ3v) is 2.58. The van der Waals surface area contributed by atoms with E-state index in [9.17, 15) is 4.39 Å². The maximum atomic E-state index is 12.8. The summed E-state index contributed by atoms with van der Waals surface area (Å²) in [5.41, 5.74) is 0.669. The van der Waals surface area contributed by atoms with Gasteiger partial charge in [0.1, 0.15) is 5.82 Å². The van der Waals surface area contributed by atoms with Gasteiger partial charge < -0.3 is 24.0 Å². The fourth-order valence-corrected chi connectivity index (χ4v) is 1.60. The molecule has 5 nitrogen and oxygen atoms in total. The summed E-state index contributed by atoms with van der Waals surface area (Å²) in [7, 11) is -2.27. The van der Waals surface area contributed by atoms with Crippen molar-refractivity contribution in [2.75, 3.05) is 0 Å². The lowest BCUT2D eigenvalue weighted by molar-refractivity contribution is 0.0335. The van der Waals surface area contributed by atoms with Gasteiger partial charge in [-0.15, -0.1) is 0 Å². The predicted molar refractivity (Wildman–Crippen MR) is 95.4 cm³/mol.